The van der Waals surface area contributed by atoms with Gasteiger partial charge in [-0.25, -0.2) is 14.5 Å². The Bertz CT molecular complexity index is 1080. The van der Waals surface area contributed by atoms with Gasteiger partial charge in [0.05, 0.1) is 34.5 Å². The number of carbonyl (C=O) groups excluding carboxylic acids is 1. The first-order valence-corrected chi connectivity index (χ1v) is 10.6. The Morgan fingerprint density at radius 2 is 2.17 bits per heavy atom. The zero-order valence-corrected chi connectivity index (χ0v) is 18.0. The first kappa shape index (κ1) is 20.6. The summed E-state index contributed by atoms with van der Waals surface area (Å²) >= 11 is 13.4. The summed E-state index contributed by atoms with van der Waals surface area (Å²) < 4.78 is 1.68. The van der Waals surface area contributed by atoms with Gasteiger partial charge in [0, 0.05) is 25.0 Å². The highest BCUT2D eigenvalue weighted by atomic mass is 35.5. The largest absolute Gasteiger partial charge is 0.477 e. The average molecular weight is 470 g/mol. The fourth-order valence-electron chi connectivity index (χ4n) is 3.41. The molecule has 1 aliphatic rings. The topological polar surface area (TPSA) is 129 Å². The molecule has 13 heteroatoms. The van der Waals surface area contributed by atoms with Gasteiger partial charge in [-0.3, -0.25) is 4.79 Å². The lowest BCUT2D eigenvalue weighted by Gasteiger charge is -2.38. The van der Waals surface area contributed by atoms with Crippen LogP contribution in [0.2, 0.25) is 10.0 Å². The molecule has 1 fully saturated rings. The number of rotatable bonds is 5. The summed E-state index contributed by atoms with van der Waals surface area (Å²) in [7, 11) is 0. The van der Waals surface area contributed by atoms with Crippen LogP contribution in [0.1, 0.15) is 38.3 Å². The molecule has 4 rings (SSSR count). The Balaban J connectivity index is 1.55. The zero-order valence-electron chi connectivity index (χ0n) is 15.7. The standard InChI is InChI=1S/C17H17Cl2N7O3S/c1-8-12(18)13(19)14(22-8)15(27)23-9-2-4-25(7-10(9)26-5-3-21-24-26)17-20-6-11(30-17)16(28)29/h3,5-6,9-10,22H,2,4,7H2,1H3,(H,23,27)(H,28,29). The van der Waals surface area contributed by atoms with E-state index < -0.39 is 5.97 Å². The third-order valence-corrected chi connectivity index (χ3v) is 6.93. The van der Waals surface area contributed by atoms with E-state index in [0.717, 1.165) is 11.3 Å². The molecule has 1 saturated heterocycles. The highest BCUT2D eigenvalue weighted by molar-refractivity contribution is 7.17. The molecular weight excluding hydrogens is 453 g/mol. The van der Waals surface area contributed by atoms with Crippen LogP contribution in [0.4, 0.5) is 5.13 Å². The maximum atomic E-state index is 12.8. The molecule has 1 amide bonds. The number of piperidine rings is 1. The summed E-state index contributed by atoms with van der Waals surface area (Å²) in [5.74, 6) is -1.37. The molecule has 0 aliphatic carbocycles. The maximum Gasteiger partial charge on any atom is 0.347 e. The molecule has 3 N–H and O–H groups in total. The Kier molecular flexibility index (Phi) is 5.67. The molecule has 3 aromatic rings. The lowest BCUT2D eigenvalue weighted by molar-refractivity contribution is 0.0701. The lowest BCUT2D eigenvalue weighted by atomic mass is 9.99. The summed E-state index contributed by atoms with van der Waals surface area (Å²) in [6.45, 7) is 2.79. The first-order chi connectivity index (χ1) is 14.3. The van der Waals surface area contributed by atoms with Gasteiger partial charge in [-0.2, -0.15) is 0 Å². The fourth-order valence-corrected chi connectivity index (χ4v) is 4.62. The number of aromatic carboxylic acids is 1. The third kappa shape index (κ3) is 3.87. The number of H-pyrrole nitrogens is 1. The number of carboxylic acid groups (broad SMARTS) is 1. The molecule has 0 radical (unpaired) electrons. The van der Waals surface area contributed by atoms with Crippen molar-refractivity contribution < 1.29 is 14.7 Å². The number of anilines is 1. The number of carbonyl (C=O) groups is 2. The maximum absolute atomic E-state index is 12.8. The number of carboxylic acids is 1. The number of hydrogen-bond acceptors (Lipinski definition) is 7. The minimum Gasteiger partial charge on any atom is -0.477 e. The molecule has 30 heavy (non-hydrogen) atoms. The second-order valence-corrected chi connectivity index (χ2v) is 8.60. The van der Waals surface area contributed by atoms with Crippen molar-refractivity contribution in [1.82, 2.24) is 30.3 Å². The zero-order chi connectivity index (χ0) is 21.4. The SMILES string of the molecule is Cc1[nH]c(C(=O)NC2CCN(c3ncc(C(=O)O)s3)CC2n2ccnn2)c(Cl)c1Cl. The fraction of sp³-hybridized carbons (Fsp3) is 0.353. The number of nitrogens with one attached hydrogen (secondary N) is 2. The molecule has 158 valence electrons. The lowest BCUT2D eigenvalue weighted by Crippen LogP contribution is -2.52. The van der Waals surface area contributed by atoms with E-state index in [9.17, 15) is 9.59 Å². The van der Waals surface area contributed by atoms with Crippen molar-refractivity contribution in [3.63, 3.8) is 0 Å². The molecule has 0 bridgehead atoms. The van der Waals surface area contributed by atoms with Crippen LogP contribution >= 0.6 is 34.5 Å². The minimum atomic E-state index is -1.01. The summed E-state index contributed by atoms with van der Waals surface area (Å²) in [5, 5.41) is 21.2. The molecule has 10 nitrogen and oxygen atoms in total. The van der Waals surface area contributed by atoms with E-state index in [1.807, 2.05) is 4.90 Å². The highest BCUT2D eigenvalue weighted by Gasteiger charge is 2.34. The summed E-state index contributed by atoms with van der Waals surface area (Å²) in [6, 6.07) is -0.500. The van der Waals surface area contributed by atoms with Crippen molar-refractivity contribution in [2.24, 2.45) is 0 Å². The number of aryl methyl sites for hydroxylation is 1. The van der Waals surface area contributed by atoms with E-state index in [-0.39, 0.29) is 33.6 Å². The molecule has 3 aromatic heterocycles. The minimum absolute atomic E-state index is 0.173. The van der Waals surface area contributed by atoms with Crippen LogP contribution in [0, 0.1) is 6.92 Å². The van der Waals surface area contributed by atoms with Gasteiger partial charge in [-0.05, 0) is 13.3 Å². The smallest absolute Gasteiger partial charge is 0.347 e. The van der Waals surface area contributed by atoms with Gasteiger partial charge in [-0.1, -0.05) is 39.8 Å². The molecule has 0 saturated carbocycles. The Morgan fingerprint density at radius 1 is 1.37 bits per heavy atom. The van der Waals surface area contributed by atoms with Gasteiger partial charge in [0.25, 0.3) is 5.91 Å². The third-order valence-electron chi connectivity index (χ3n) is 4.93. The normalized spacial score (nSPS) is 19.1. The molecule has 4 heterocycles. The second kappa shape index (κ2) is 8.25. The Morgan fingerprint density at radius 3 is 2.77 bits per heavy atom. The average Bonchev–Trinajstić information content (AvgIpc) is 3.46. The number of thiazole rings is 1. The summed E-state index contributed by atoms with van der Waals surface area (Å²) in [4.78, 5) is 33.3. The highest BCUT2D eigenvalue weighted by Crippen LogP contribution is 2.31. The van der Waals surface area contributed by atoms with Gasteiger partial charge < -0.3 is 20.3 Å². The number of nitrogens with zero attached hydrogens (tertiary/aromatic N) is 5. The van der Waals surface area contributed by atoms with E-state index in [2.05, 4.69) is 25.6 Å². The van der Waals surface area contributed by atoms with Crippen molar-refractivity contribution in [3.05, 3.63) is 44.9 Å². The van der Waals surface area contributed by atoms with E-state index in [1.165, 1.54) is 6.20 Å². The first-order valence-electron chi connectivity index (χ1n) is 8.99. The van der Waals surface area contributed by atoms with Crippen molar-refractivity contribution in [1.29, 1.82) is 0 Å². The summed E-state index contributed by atoms with van der Waals surface area (Å²) in [6.07, 6.45) is 5.22. The predicted octanol–water partition coefficient (Wildman–Crippen LogP) is 2.63. The van der Waals surface area contributed by atoms with E-state index in [4.69, 9.17) is 28.3 Å². The number of aromatic amines is 1. The van der Waals surface area contributed by atoms with E-state index in [0.29, 0.717) is 35.4 Å². The van der Waals surface area contributed by atoms with Crippen LogP contribution in [0.15, 0.2) is 18.6 Å². The number of hydrogen-bond donors (Lipinski definition) is 3. The van der Waals surface area contributed by atoms with Gasteiger partial charge in [-0.15, -0.1) is 5.10 Å². The molecule has 2 atom stereocenters. The van der Waals surface area contributed by atoms with Crippen LogP contribution in [-0.2, 0) is 0 Å². The van der Waals surface area contributed by atoms with Gasteiger partial charge in [0.1, 0.15) is 10.6 Å². The molecular formula is C17H17Cl2N7O3S. The summed E-state index contributed by atoms with van der Waals surface area (Å²) in [5.41, 5.74) is 0.831. The number of halogens is 2. The van der Waals surface area contributed by atoms with Crippen LogP contribution < -0.4 is 10.2 Å². The monoisotopic (exact) mass is 469 g/mol. The van der Waals surface area contributed by atoms with Gasteiger partial charge >= 0.3 is 5.97 Å². The van der Waals surface area contributed by atoms with Crippen molar-refractivity contribution in [2.45, 2.75) is 25.4 Å². The van der Waals surface area contributed by atoms with Crippen molar-refractivity contribution >= 4 is 51.5 Å². The molecule has 0 aromatic carbocycles. The predicted molar refractivity (Wildman–Crippen MR) is 112 cm³/mol. The van der Waals surface area contributed by atoms with Crippen LogP contribution in [0.25, 0.3) is 0 Å². The van der Waals surface area contributed by atoms with Crippen molar-refractivity contribution in [2.75, 3.05) is 18.0 Å². The molecule has 2 unspecified atom stereocenters. The Hall–Kier alpha value is -2.63. The van der Waals surface area contributed by atoms with E-state index in [1.54, 1.807) is 24.0 Å². The number of aromatic nitrogens is 5. The molecule has 1 aliphatic heterocycles. The van der Waals surface area contributed by atoms with Gasteiger partial charge in [0.15, 0.2) is 5.13 Å². The van der Waals surface area contributed by atoms with Crippen LogP contribution in [0.5, 0.6) is 0 Å². The Labute approximate surface area is 184 Å². The van der Waals surface area contributed by atoms with Gasteiger partial charge in [0.2, 0.25) is 0 Å². The van der Waals surface area contributed by atoms with Crippen LogP contribution in [-0.4, -0.2) is 61.1 Å². The second-order valence-electron chi connectivity index (χ2n) is 6.83. The quantitative estimate of drug-likeness (QED) is 0.523. The number of amides is 1. The van der Waals surface area contributed by atoms with Crippen molar-refractivity contribution in [3.8, 4) is 0 Å². The van der Waals surface area contributed by atoms with Crippen LogP contribution in [0.3, 0.4) is 0 Å². The molecule has 0 spiro atoms. The van der Waals surface area contributed by atoms with E-state index >= 15 is 0 Å².